The topological polar surface area (TPSA) is 216 Å². The number of unbranched alkanes of at least 4 members (excludes halogenated alkanes) is 12. The van der Waals surface area contributed by atoms with Gasteiger partial charge in [-0.25, -0.2) is 9.13 Å². The Morgan fingerprint density at radius 1 is 0.571 bits per heavy atom. The van der Waals surface area contributed by atoms with Crippen molar-refractivity contribution in [2.75, 3.05) is 26.4 Å². The molecule has 0 aromatic heterocycles. The van der Waals surface area contributed by atoms with E-state index < -0.39 is 72.3 Å². The van der Waals surface area contributed by atoms with Crippen molar-refractivity contribution < 1.29 is 66.7 Å². The minimum absolute atomic E-state index is 0.0769. The molecule has 0 aliphatic carbocycles. The van der Waals surface area contributed by atoms with Crippen molar-refractivity contribution in [1.82, 2.24) is 0 Å². The van der Waals surface area contributed by atoms with Crippen LogP contribution in [0.25, 0.3) is 0 Å². The Bertz CT molecular complexity index is 1420. The van der Waals surface area contributed by atoms with Gasteiger partial charge in [-0.2, -0.15) is 0 Å². The zero-order valence-corrected chi connectivity index (χ0v) is 40.2. The molecular formula is C47H82O14P2. The molecule has 364 valence electrons. The van der Waals surface area contributed by atoms with Crippen LogP contribution in [0, 0.1) is 5.92 Å². The average Bonchev–Trinajstić information content (AvgIpc) is 3.22. The fourth-order valence-electron chi connectivity index (χ4n) is 5.88. The monoisotopic (exact) mass is 933 g/mol. The Morgan fingerprint density at radius 3 is 1.67 bits per heavy atom. The molecule has 0 saturated heterocycles. The lowest BCUT2D eigenvalue weighted by Gasteiger charge is -2.20. The molecule has 0 aromatic carbocycles. The van der Waals surface area contributed by atoms with Gasteiger partial charge in [0, 0.05) is 12.8 Å². The molecule has 4 atom stereocenters. The molecule has 63 heavy (non-hydrogen) atoms. The third-order valence-corrected chi connectivity index (χ3v) is 10.8. The van der Waals surface area contributed by atoms with Gasteiger partial charge in [-0.3, -0.25) is 23.2 Å². The average molecular weight is 933 g/mol. The lowest BCUT2D eigenvalue weighted by Crippen LogP contribution is -2.29. The molecule has 0 bridgehead atoms. The van der Waals surface area contributed by atoms with Gasteiger partial charge >= 0.3 is 27.6 Å². The molecule has 0 aliphatic heterocycles. The lowest BCUT2D eigenvalue weighted by molar-refractivity contribution is -0.161. The Hall–Kier alpha value is -2.48. The van der Waals surface area contributed by atoms with Gasteiger partial charge in [-0.1, -0.05) is 177 Å². The molecule has 0 heterocycles. The highest BCUT2D eigenvalue weighted by Crippen LogP contribution is 2.43. The summed E-state index contributed by atoms with van der Waals surface area (Å²) >= 11 is 0. The van der Waals surface area contributed by atoms with E-state index in [4.69, 9.17) is 23.8 Å². The van der Waals surface area contributed by atoms with Gasteiger partial charge in [0.05, 0.1) is 25.9 Å². The predicted octanol–water partition coefficient (Wildman–Crippen LogP) is 11.0. The van der Waals surface area contributed by atoms with Crippen LogP contribution in [-0.2, 0) is 41.8 Å². The van der Waals surface area contributed by atoms with Crippen molar-refractivity contribution in [2.24, 2.45) is 5.92 Å². The summed E-state index contributed by atoms with van der Waals surface area (Å²) in [5, 5.41) is 20.0. The Kier molecular flexibility index (Phi) is 39.4. The number of hydrogen-bond donors (Lipinski definition) is 5. The van der Waals surface area contributed by atoms with Crippen LogP contribution >= 0.6 is 15.6 Å². The number of carbonyl (C=O) groups is 2. The highest BCUT2D eigenvalue weighted by atomic mass is 31.2. The van der Waals surface area contributed by atoms with Gasteiger partial charge in [0.15, 0.2) is 6.10 Å². The first-order chi connectivity index (χ1) is 30.1. The fraction of sp³-hybridized carbons (Fsp3) is 0.702. The zero-order chi connectivity index (χ0) is 46.9. The first-order valence-corrected chi connectivity index (χ1v) is 26.1. The third kappa shape index (κ3) is 45.9. The van der Waals surface area contributed by atoms with Gasteiger partial charge in [-0.05, 0) is 50.9 Å². The molecule has 0 saturated carbocycles. The standard InChI is InChI=1S/C47H82O14P2/c1-4-5-6-7-8-9-10-12-16-19-22-25-29-34-43(48)35-30-27-32-37-47(51)61-45(41-60-63(55,56)59-39-44(49)38-58-62(52,53)54)40-57-46(50)36-31-26-23-20-17-14-11-13-15-18-21-24-28-33-42(2)3/h5-6,8-9,12,16,22,25,27,29-30,34,42-45,48-49H,4,7,10-11,13-15,17-21,23-24,26,28,31-33,35-41H2,1-3H3,(H,55,56)(H2,52,53,54)/b6-5-,9-8-,16-12-,25-22-,30-27-,34-29-/t43?,44-,45+/m0/s1. The second kappa shape index (κ2) is 41.0. The fourth-order valence-corrected chi connectivity index (χ4v) is 7.03. The third-order valence-electron chi connectivity index (χ3n) is 9.37. The van der Waals surface area contributed by atoms with E-state index in [1.165, 1.54) is 64.2 Å². The van der Waals surface area contributed by atoms with Crippen molar-refractivity contribution in [3.63, 3.8) is 0 Å². The highest BCUT2D eigenvalue weighted by molar-refractivity contribution is 7.47. The van der Waals surface area contributed by atoms with E-state index in [1.807, 2.05) is 12.2 Å². The number of esters is 2. The number of aliphatic hydroxyl groups is 2. The first kappa shape index (κ1) is 60.5. The van der Waals surface area contributed by atoms with Crippen LogP contribution in [0.4, 0.5) is 0 Å². The molecule has 0 radical (unpaired) electrons. The van der Waals surface area contributed by atoms with Crippen molar-refractivity contribution in [2.45, 2.75) is 180 Å². The van der Waals surface area contributed by atoms with Gasteiger partial charge < -0.3 is 34.4 Å². The molecule has 0 amide bonds. The van der Waals surface area contributed by atoms with Gasteiger partial charge in [-0.15, -0.1) is 0 Å². The number of rotatable bonds is 42. The second-order valence-corrected chi connectivity index (χ2v) is 18.7. The zero-order valence-electron chi connectivity index (χ0n) is 38.4. The minimum atomic E-state index is -4.89. The molecule has 0 spiro atoms. The maximum absolute atomic E-state index is 12.7. The molecule has 0 aliphatic rings. The van der Waals surface area contributed by atoms with Crippen LogP contribution in [0.1, 0.15) is 162 Å². The van der Waals surface area contributed by atoms with Crippen LogP contribution in [-0.4, -0.2) is 81.6 Å². The quantitative estimate of drug-likeness (QED) is 0.0127. The molecule has 14 nitrogen and oxygen atoms in total. The number of ether oxygens (including phenoxy) is 2. The van der Waals surface area contributed by atoms with Crippen molar-refractivity contribution >= 4 is 27.6 Å². The normalized spacial score (nSPS) is 15.2. The Labute approximate surface area is 378 Å². The van der Waals surface area contributed by atoms with Crippen molar-refractivity contribution in [1.29, 1.82) is 0 Å². The van der Waals surface area contributed by atoms with Crippen LogP contribution in [0.2, 0.25) is 0 Å². The van der Waals surface area contributed by atoms with E-state index in [0.29, 0.717) is 12.8 Å². The summed E-state index contributed by atoms with van der Waals surface area (Å²) in [6.07, 6.45) is 40.7. The molecule has 0 rings (SSSR count). The van der Waals surface area contributed by atoms with E-state index in [-0.39, 0.29) is 19.3 Å². The summed E-state index contributed by atoms with van der Waals surface area (Å²) in [6, 6.07) is 0. The maximum atomic E-state index is 12.7. The summed E-state index contributed by atoms with van der Waals surface area (Å²) in [4.78, 5) is 52.8. The lowest BCUT2D eigenvalue weighted by atomic mass is 10.0. The van der Waals surface area contributed by atoms with Gasteiger partial charge in [0.25, 0.3) is 0 Å². The molecule has 0 fully saturated rings. The summed E-state index contributed by atoms with van der Waals surface area (Å²) in [6.45, 7) is 3.77. The van der Waals surface area contributed by atoms with Gasteiger partial charge in [0.2, 0.25) is 0 Å². The van der Waals surface area contributed by atoms with E-state index in [1.54, 1.807) is 24.3 Å². The first-order valence-electron chi connectivity index (χ1n) is 23.1. The minimum Gasteiger partial charge on any atom is -0.462 e. The maximum Gasteiger partial charge on any atom is 0.472 e. The smallest absolute Gasteiger partial charge is 0.462 e. The Balaban J connectivity index is 4.70. The van der Waals surface area contributed by atoms with Crippen molar-refractivity contribution in [3.8, 4) is 0 Å². The van der Waals surface area contributed by atoms with E-state index in [2.05, 4.69) is 66.3 Å². The summed E-state index contributed by atoms with van der Waals surface area (Å²) in [5.74, 6) is -0.419. The molecular weight excluding hydrogens is 850 g/mol. The summed E-state index contributed by atoms with van der Waals surface area (Å²) < 4.78 is 47.7. The Morgan fingerprint density at radius 2 is 1.10 bits per heavy atom. The predicted molar refractivity (Wildman–Crippen MR) is 250 cm³/mol. The summed E-state index contributed by atoms with van der Waals surface area (Å²) in [7, 11) is -9.75. The van der Waals surface area contributed by atoms with E-state index >= 15 is 0 Å². The number of phosphoric ester groups is 2. The molecule has 5 N–H and O–H groups in total. The SMILES string of the molecule is CC/C=C\C/C=C\C/C=C\C/C=C\C=C/C(O)C/C=C\CCC(=O)O[C@H](COC(=O)CCCCCCCCCCCCCCCC(C)C)COP(=O)(O)OC[C@@H](O)COP(=O)(O)O. The van der Waals surface area contributed by atoms with Crippen LogP contribution in [0.3, 0.4) is 0 Å². The van der Waals surface area contributed by atoms with E-state index in [0.717, 1.165) is 50.9 Å². The highest BCUT2D eigenvalue weighted by Gasteiger charge is 2.28. The van der Waals surface area contributed by atoms with E-state index in [9.17, 15) is 33.8 Å². The largest absolute Gasteiger partial charge is 0.472 e. The number of allylic oxidation sites excluding steroid dienone is 10. The molecule has 0 aromatic rings. The van der Waals surface area contributed by atoms with Crippen LogP contribution in [0.15, 0.2) is 72.9 Å². The number of aliphatic hydroxyl groups excluding tert-OH is 2. The van der Waals surface area contributed by atoms with Gasteiger partial charge in [0.1, 0.15) is 12.7 Å². The second-order valence-electron chi connectivity index (χ2n) is 16.0. The van der Waals surface area contributed by atoms with Crippen LogP contribution < -0.4 is 0 Å². The summed E-state index contributed by atoms with van der Waals surface area (Å²) in [5.41, 5.74) is 0. The number of carbonyl (C=O) groups excluding carboxylic acids is 2. The number of phosphoric acid groups is 2. The van der Waals surface area contributed by atoms with Crippen LogP contribution in [0.5, 0.6) is 0 Å². The van der Waals surface area contributed by atoms with Crippen molar-refractivity contribution in [3.05, 3.63) is 72.9 Å². The molecule has 16 heteroatoms. The number of hydrogen-bond acceptors (Lipinski definition) is 11. The molecule has 2 unspecified atom stereocenters.